The van der Waals surface area contributed by atoms with Crippen molar-refractivity contribution in [1.82, 2.24) is 0 Å². The minimum Gasteiger partial charge on any atom is -0.497 e. The van der Waals surface area contributed by atoms with Gasteiger partial charge in [0.1, 0.15) is 23.4 Å². The summed E-state index contributed by atoms with van der Waals surface area (Å²) in [5.41, 5.74) is 2.00. The SMILES string of the molecule is COc1ccc(OC(C(=O)O)C(O)c2ccc(C)c(OC)c2)c(C)c1. The molecule has 0 saturated carbocycles. The number of aryl methyl sites for hydroxylation is 2. The third kappa shape index (κ3) is 4.22. The van der Waals surface area contributed by atoms with Crippen LogP contribution in [-0.2, 0) is 4.79 Å². The molecule has 2 aromatic rings. The van der Waals surface area contributed by atoms with Crippen LogP contribution in [-0.4, -0.2) is 36.5 Å². The van der Waals surface area contributed by atoms with E-state index >= 15 is 0 Å². The Labute approximate surface area is 146 Å². The molecule has 0 aliphatic heterocycles. The zero-order valence-corrected chi connectivity index (χ0v) is 14.6. The van der Waals surface area contributed by atoms with Crippen LogP contribution in [0.25, 0.3) is 0 Å². The normalized spacial score (nSPS) is 13.0. The number of aliphatic hydroxyl groups is 1. The van der Waals surface area contributed by atoms with Gasteiger partial charge in [-0.1, -0.05) is 12.1 Å². The Hall–Kier alpha value is -2.73. The summed E-state index contributed by atoms with van der Waals surface area (Å²) in [4.78, 5) is 11.6. The van der Waals surface area contributed by atoms with Crippen LogP contribution in [0, 0.1) is 13.8 Å². The van der Waals surface area contributed by atoms with Crippen LogP contribution in [0.4, 0.5) is 0 Å². The zero-order valence-electron chi connectivity index (χ0n) is 14.6. The van der Waals surface area contributed by atoms with Crippen molar-refractivity contribution in [3.05, 3.63) is 53.1 Å². The van der Waals surface area contributed by atoms with Gasteiger partial charge in [-0.3, -0.25) is 0 Å². The molecule has 0 spiro atoms. The third-order valence-corrected chi connectivity index (χ3v) is 3.94. The summed E-state index contributed by atoms with van der Waals surface area (Å²) in [6.45, 7) is 3.64. The first kappa shape index (κ1) is 18.6. The number of methoxy groups -OCH3 is 2. The van der Waals surface area contributed by atoms with Gasteiger partial charge >= 0.3 is 5.97 Å². The Morgan fingerprint density at radius 3 is 2.24 bits per heavy atom. The van der Waals surface area contributed by atoms with Crippen LogP contribution >= 0.6 is 0 Å². The molecule has 2 unspecified atom stereocenters. The van der Waals surface area contributed by atoms with Gasteiger partial charge in [0.25, 0.3) is 0 Å². The third-order valence-electron chi connectivity index (χ3n) is 3.94. The molecule has 2 rings (SSSR count). The van der Waals surface area contributed by atoms with E-state index in [0.717, 1.165) is 5.56 Å². The molecule has 0 radical (unpaired) electrons. The van der Waals surface area contributed by atoms with Gasteiger partial charge in [0, 0.05) is 0 Å². The van der Waals surface area contributed by atoms with Crippen molar-refractivity contribution in [2.45, 2.75) is 26.1 Å². The topological polar surface area (TPSA) is 85.2 Å². The summed E-state index contributed by atoms with van der Waals surface area (Å²) in [6, 6.07) is 10.0. The fourth-order valence-corrected chi connectivity index (χ4v) is 2.46. The molecule has 0 aromatic heterocycles. The molecule has 0 aliphatic carbocycles. The molecule has 6 heteroatoms. The molecular formula is C19H22O6. The number of aliphatic hydroxyl groups excluding tert-OH is 1. The minimum atomic E-state index is -1.46. The fourth-order valence-electron chi connectivity index (χ4n) is 2.46. The summed E-state index contributed by atoms with van der Waals surface area (Å²) in [5.74, 6) is 0.315. The highest BCUT2D eigenvalue weighted by Gasteiger charge is 2.31. The van der Waals surface area contributed by atoms with Gasteiger partial charge in [-0.25, -0.2) is 4.79 Å². The number of benzene rings is 2. The molecule has 134 valence electrons. The lowest BCUT2D eigenvalue weighted by Crippen LogP contribution is -2.34. The van der Waals surface area contributed by atoms with Gasteiger partial charge < -0.3 is 24.4 Å². The minimum absolute atomic E-state index is 0.367. The quantitative estimate of drug-likeness (QED) is 0.802. The number of rotatable bonds is 7. The van der Waals surface area contributed by atoms with E-state index in [0.29, 0.717) is 28.4 Å². The second kappa shape index (κ2) is 7.90. The molecule has 0 fully saturated rings. The number of hydrogen-bond donors (Lipinski definition) is 2. The van der Waals surface area contributed by atoms with Crippen molar-refractivity contribution in [2.75, 3.05) is 14.2 Å². The Morgan fingerprint density at radius 2 is 1.68 bits per heavy atom. The molecule has 6 nitrogen and oxygen atoms in total. The van der Waals surface area contributed by atoms with Gasteiger partial charge in [0.15, 0.2) is 0 Å². The van der Waals surface area contributed by atoms with E-state index in [1.807, 2.05) is 6.92 Å². The molecule has 0 amide bonds. The van der Waals surface area contributed by atoms with Crippen LogP contribution in [0.15, 0.2) is 36.4 Å². The number of hydrogen-bond acceptors (Lipinski definition) is 5. The highest BCUT2D eigenvalue weighted by molar-refractivity contribution is 5.74. The van der Waals surface area contributed by atoms with Gasteiger partial charge in [0.05, 0.1) is 14.2 Å². The fraction of sp³-hybridized carbons (Fsp3) is 0.316. The largest absolute Gasteiger partial charge is 0.497 e. The van der Waals surface area contributed by atoms with Crippen LogP contribution in [0.1, 0.15) is 22.8 Å². The van der Waals surface area contributed by atoms with Crippen molar-refractivity contribution in [3.8, 4) is 17.2 Å². The molecule has 0 aliphatic rings. The van der Waals surface area contributed by atoms with Crippen molar-refractivity contribution in [3.63, 3.8) is 0 Å². The van der Waals surface area contributed by atoms with Gasteiger partial charge in [-0.15, -0.1) is 0 Å². The highest BCUT2D eigenvalue weighted by Crippen LogP contribution is 2.29. The molecule has 2 aromatic carbocycles. The Kier molecular flexibility index (Phi) is 5.88. The molecule has 2 N–H and O–H groups in total. The standard InChI is InChI=1S/C19H22O6/c1-11-5-6-13(10-16(11)24-4)17(20)18(19(21)22)25-15-8-7-14(23-3)9-12(15)2/h5-10,17-18,20H,1-4H3,(H,21,22). The summed E-state index contributed by atoms with van der Waals surface area (Å²) in [6.07, 6.45) is -2.81. The lowest BCUT2D eigenvalue weighted by Gasteiger charge is -2.22. The number of carbonyl (C=O) groups is 1. The number of carboxylic acids is 1. The van der Waals surface area contributed by atoms with Crippen molar-refractivity contribution in [1.29, 1.82) is 0 Å². The maximum absolute atomic E-state index is 11.6. The number of aliphatic carboxylic acids is 1. The van der Waals surface area contributed by atoms with Crippen LogP contribution in [0.5, 0.6) is 17.2 Å². The average Bonchev–Trinajstić information content (AvgIpc) is 2.60. The van der Waals surface area contributed by atoms with E-state index in [4.69, 9.17) is 14.2 Å². The lowest BCUT2D eigenvalue weighted by atomic mass is 10.0. The first-order valence-electron chi connectivity index (χ1n) is 7.74. The van der Waals surface area contributed by atoms with E-state index in [9.17, 15) is 15.0 Å². The molecular weight excluding hydrogens is 324 g/mol. The summed E-state index contributed by atoms with van der Waals surface area (Å²) in [7, 11) is 3.06. The number of ether oxygens (including phenoxy) is 3. The number of carboxylic acid groups (broad SMARTS) is 1. The Bertz CT molecular complexity index is 756. The van der Waals surface area contributed by atoms with Crippen molar-refractivity contribution >= 4 is 5.97 Å². The van der Waals surface area contributed by atoms with Crippen LogP contribution in [0.3, 0.4) is 0 Å². The predicted octanol–water partition coefficient (Wildman–Crippen LogP) is 2.89. The van der Waals surface area contributed by atoms with Crippen molar-refractivity contribution < 1.29 is 29.2 Å². The summed E-state index contributed by atoms with van der Waals surface area (Å²) < 4.78 is 15.9. The molecule has 0 bridgehead atoms. The molecule has 0 saturated heterocycles. The first-order chi connectivity index (χ1) is 11.9. The molecule has 2 atom stereocenters. The lowest BCUT2D eigenvalue weighted by molar-refractivity contribution is -0.150. The maximum atomic E-state index is 11.6. The van der Waals surface area contributed by atoms with Crippen molar-refractivity contribution in [2.24, 2.45) is 0 Å². The van der Waals surface area contributed by atoms with Gasteiger partial charge in [0.2, 0.25) is 6.10 Å². The Morgan fingerprint density at radius 1 is 0.960 bits per heavy atom. The van der Waals surface area contributed by atoms with E-state index in [2.05, 4.69) is 0 Å². The summed E-state index contributed by atoms with van der Waals surface area (Å²) >= 11 is 0. The monoisotopic (exact) mass is 346 g/mol. The van der Waals surface area contributed by atoms with Gasteiger partial charge in [-0.05, 0) is 54.8 Å². The van der Waals surface area contributed by atoms with E-state index in [1.54, 1.807) is 50.4 Å². The van der Waals surface area contributed by atoms with E-state index < -0.39 is 18.2 Å². The first-order valence-corrected chi connectivity index (χ1v) is 7.74. The predicted molar refractivity (Wildman–Crippen MR) is 92.5 cm³/mol. The maximum Gasteiger partial charge on any atom is 0.348 e. The average molecular weight is 346 g/mol. The van der Waals surface area contributed by atoms with E-state index in [1.165, 1.54) is 7.11 Å². The Balaban J connectivity index is 2.30. The van der Waals surface area contributed by atoms with Crippen LogP contribution < -0.4 is 14.2 Å². The highest BCUT2D eigenvalue weighted by atomic mass is 16.5. The van der Waals surface area contributed by atoms with E-state index in [-0.39, 0.29) is 0 Å². The summed E-state index contributed by atoms with van der Waals surface area (Å²) in [5, 5.41) is 20.0. The molecule has 0 heterocycles. The zero-order chi connectivity index (χ0) is 18.6. The second-order valence-corrected chi connectivity index (χ2v) is 5.68. The van der Waals surface area contributed by atoms with Crippen LogP contribution in [0.2, 0.25) is 0 Å². The second-order valence-electron chi connectivity index (χ2n) is 5.68. The smallest absolute Gasteiger partial charge is 0.348 e. The molecule has 25 heavy (non-hydrogen) atoms. The van der Waals surface area contributed by atoms with Gasteiger partial charge in [-0.2, -0.15) is 0 Å².